The van der Waals surface area contributed by atoms with Crippen molar-refractivity contribution in [3.05, 3.63) is 70.2 Å². The lowest BCUT2D eigenvalue weighted by Gasteiger charge is -2.46. The molecule has 12 nitrogen and oxygen atoms in total. The highest BCUT2D eigenvalue weighted by Gasteiger charge is 2.54. The van der Waals surface area contributed by atoms with Gasteiger partial charge in [0.05, 0.1) is 17.5 Å². The van der Waals surface area contributed by atoms with Crippen molar-refractivity contribution in [2.75, 3.05) is 19.4 Å². The Morgan fingerprint density at radius 1 is 1.05 bits per heavy atom. The topological polar surface area (TPSA) is 192 Å². The summed E-state index contributed by atoms with van der Waals surface area (Å²) in [6.45, 7) is 0. The normalized spacial score (nSPS) is 26.2. The van der Waals surface area contributed by atoms with Crippen LogP contribution in [-0.4, -0.2) is 76.1 Å². The second kappa shape index (κ2) is 10.4. The molecule has 0 fully saturated rings. The van der Waals surface area contributed by atoms with Crippen LogP contribution in [0.4, 0.5) is 5.69 Å². The van der Waals surface area contributed by atoms with Gasteiger partial charge in [-0.25, -0.2) is 0 Å². The van der Waals surface area contributed by atoms with Crippen molar-refractivity contribution < 1.29 is 39.3 Å². The van der Waals surface area contributed by atoms with E-state index in [0.717, 1.165) is 5.56 Å². The van der Waals surface area contributed by atoms with Gasteiger partial charge < -0.3 is 31.2 Å². The highest BCUT2D eigenvalue weighted by molar-refractivity contribution is 6.22. The summed E-state index contributed by atoms with van der Waals surface area (Å²) < 4.78 is 0. The molecule has 0 spiro atoms. The SMILES string of the molecule is CN(C)[C@@H]1C(O)=C(C(N)=O)C(=O)C2C(O)=C3C(=O)c4c(O)ccc(-c5ccc(NC(=O)C6CC=NO6)cc5)c4CC3CC21. The lowest BCUT2D eigenvalue weighted by atomic mass is 9.60. The number of anilines is 1. The van der Waals surface area contributed by atoms with Crippen molar-refractivity contribution >= 4 is 35.3 Å². The van der Waals surface area contributed by atoms with Crippen LogP contribution in [0, 0.1) is 17.8 Å². The second-order valence-electron chi connectivity index (χ2n) is 11.5. The van der Waals surface area contributed by atoms with Gasteiger partial charge in [-0.2, -0.15) is 0 Å². The van der Waals surface area contributed by atoms with Crippen LogP contribution in [0.25, 0.3) is 11.1 Å². The predicted molar refractivity (Wildman–Crippen MR) is 154 cm³/mol. The summed E-state index contributed by atoms with van der Waals surface area (Å²) in [7, 11) is 3.36. The third-order valence-corrected chi connectivity index (χ3v) is 8.79. The van der Waals surface area contributed by atoms with Crippen LogP contribution in [0.5, 0.6) is 5.75 Å². The number of amides is 2. The van der Waals surface area contributed by atoms with Crippen molar-refractivity contribution in [2.24, 2.45) is 28.6 Å². The minimum Gasteiger partial charge on any atom is -0.511 e. The van der Waals surface area contributed by atoms with E-state index >= 15 is 0 Å². The van der Waals surface area contributed by atoms with Crippen molar-refractivity contribution in [3.63, 3.8) is 0 Å². The van der Waals surface area contributed by atoms with E-state index in [2.05, 4.69) is 10.5 Å². The zero-order chi connectivity index (χ0) is 30.7. The molecule has 2 aromatic carbocycles. The summed E-state index contributed by atoms with van der Waals surface area (Å²) >= 11 is 0. The number of phenolic OH excluding ortho intramolecular Hbond substituents is 1. The minimum absolute atomic E-state index is 0.0217. The number of oxime groups is 1. The zero-order valence-electron chi connectivity index (χ0n) is 23.4. The first-order chi connectivity index (χ1) is 20.5. The largest absolute Gasteiger partial charge is 0.511 e. The number of hydrogen-bond acceptors (Lipinski definition) is 10. The number of nitrogens with two attached hydrogens (primary N) is 1. The van der Waals surface area contributed by atoms with Crippen LogP contribution in [0.3, 0.4) is 0 Å². The van der Waals surface area contributed by atoms with Crippen molar-refractivity contribution in [2.45, 2.75) is 31.4 Å². The molecule has 12 heteroatoms. The molecule has 5 atom stereocenters. The fourth-order valence-corrected chi connectivity index (χ4v) is 6.95. The maximum atomic E-state index is 13.9. The molecule has 3 aliphatic carbocycles. The number of nitrogens with one attached hydrogen (secondary N) is 1. The van der Waals surface area contributed by atoms with Gasteiger partial charge in [-0.05, 0) is 73.7 Å². The third kappa shape index (κ3) is 4.45. The Bertz CT molecular complexity index is 1660. The number of rotatable bonds is 5. The van der Waals surface area contributed by atoms with Crippen LogP contribution in [0.15, 0.2) is 64.2 Å². The van der Waals surface area contributed by atoms with Crippen LogP contribution < -0.4 is 11.1 Å². The number of benzene rings is 2. The summed E-state index contributed by atoms with van der Waals surface area (Å²) in [6.07, 6.45) is 1.76. The molecule has 2 aromatic rings. The van der Waals surface area contributed by atoms with Gasteiger partial charge in [-0.3, -0.25) is 24.1 Å². The molecule has 43 heavy (non-hydrogen) atoms. The number of ketones is 2. The summed E-state index contributed by atoms with van der Waals surface area (Å²) in [4.78, 5) is 58.5. The van der Waals surface area contributed by atoms with Gasteiger partial charge in [-0.1, -0.05) is 23.4 Å². The molecule has 1 heterocycles. The smallest absolute Gasteiger partial charge is 0.268 e. The van der Waals surface area contributed by atoms with Crippen LogP contribution in [-0.2, 0) is 25.6 Å². The molecule has 0 saturated carbocycles. The van der Waals surface area contributed by atoms with E-state index in [9.17, 15) is 34.5 Å². The predicted octanol–water partition coefficient (Wildman–Crippen LogP) is 2.39. The fourth-order valence-electron chi connectivity index (χ4n) is 6.95. The zero-order valence-corrected chi connectivity index (χ0v) is 23.4. The van der Waals surface area contributed by atoms with E-state index in [0.29, 0.717) is 23.2 Å². The van der Waals surface area contributed by atoms with Crippen LogP contribution in [0.2, 0.25) is 0 Å². The number of primary amides is 1. The maximum Gasteiger partial charge on any atom is 0.268 e. The van der Waals surface area contributed by atoms with Gasteiger partial charge >= 0.3 is 0 Å². The Hall–Kier alpha value is -4.97. The molecule has 1 aliphatic heterocycles. The minimum atomic E-state index is -1.24. The fraction of sp³-hybridized carbons (Fsp3) is 0.323. The molecular formula is C31H30N4O8. The molecule has 222 valence electrons. The Balaban J connectivity index is 1.37. The summed E-state index contributed by atoms with van der Waals surface area (Å²) in [5.74, 6) is -6.42. The number of aliphatic hydroxyl groups excluding tert-OH is 2. The number of aromatic hydroxyl groups is 1. The Labute approximate surface area is 246 Å². The van der Waals surface area contributed by atoms with Crippen molar-refractivity contribution in [1.29, 1.82) is 0 Å². The lowest BCUT2D eigenvalue weighted by molar-refractivity contribution is -0.127. The molecule has 0 radical (unpaired) electrons. The first kappa shape index (κ1) is 28.2. The van der Waals surface area contributed by atoms with E-state index in [-0.39, 0.29) is 35.6 Å². The number of nitrogens with zero attached hydrogens (tertiary/aromatic N) is 2. The Kier molecular flexibility index (Phi) is 6.80. The van der Waals surface area contributed by atoms with Gasteiger partial charge in [0.25, 0.3) is 11.8 Å². The lowest BCUT2D eigenvalue weighted by Crippen LogP contribution is -2.53. The molecule has 0 saturated heterocycles. The van der Waals surface area contributed by atoms with Crippen LogP contribution in [0.1, 0.15) is 28.8 Å². The van der Waals surface area contributed by atoms with Crippen molar-refractivity contribution in [1.82, 2.24) is 4.90 Å². The molecule has 0 bridgehead atoms. The third-order valence-electron chi connectivity index (χ3n) is 8.79. The molecule has 2 amide bonds. The number of carbonyl (C=O) groups excluding carboxylic acids is 4. The molecule has 4 unspecified atom stereocenters. The molecule has 0 aromatic heterocycles. The second-order valence-corrected chi connectivity index (χ2v) is 11.5. The standard InChI is InChI=1S/C31H30N4O8/c1-35(2)25-18-12-14-11-17-16(13-3-5-15(6-4-13)34-31(42)20-9-10-33-43-20)7-8-19(36)22(17)26(37)21(14)27(38)23(18)28(39)24(29(25)40)30(32)41/h3-8,10,14,18,20,23,25,36,38,40H,9,11-12H2,1-2H3,(H2,32,41)(H,34,42)/t14?,18?,20?,23?,25-/m0/s1. The quantitative estimate of drug-likeness (QED) is 0.327. The molecule has 4 aliphatic rings. The number of hydrogen-bond donors (Lipinski definition) is 5. The number of allylic oxidation sites excluding steroid dienone is 2. The van der Waals surface area contributed by atoms with Gasteiger partial charge in [-0.15, -0.1) is 0 Å². The average Bonchev–Trinajstić information content (AvgIpc) is 3.48. The monoisotopic (exact) mass is 586 g/mol. The summed E-state index contributed by atoms with van der Waals surface area (Å²) in [5, 5.41) is 39.6. The summed E-state index contributed by atoms with van der Waals surface area (Å²) in [6, 6.07) is 9.33. The number of Topliss-reactive ketones (excluding diaryl/α,β-unsaturated/α-hetero) is 2. The highest BCUT2D eigenvalue weighted by atomic mass is 16.6. The van der Waals surface area contributed by atoms with Crippen molar-refractivity contribution in [3.8, 4) is 16.9 Å². The van der Waals surface area contributed by atoms with Gasteiger partial charge in [0, 0.05) is 23.9 Å². The van der Waals surface area contributed by atoms with E-state index in [1.165, 1.54) is 12.3 Å². The number of carbonyl (C=O) groups is 4. The average molecular weight is 587 g/mol. The Morgan fingerprint density at radius 3 is 2.40 bits per heavy atom. The molecular weight excluding hydrogens is 556 g/mol. The maximum absolute atomic E-state index is 13.9. The van der Waals surface area contributed by atoms with E-state index < -0.39 is 64.5 Å². The number of likely N-dealkylation sites (N-methyl/N-ethyl adjacent to an activating group) is 1. The highest BCUT2D eigenvalue weighted by Crippen LogP contribution is 2.51. The van der Waals surface area contributed by atoms with E-state index in [1.807, 2.05) is 0 Å². The van der Waals surface area contributed by atoms with Gasteiger partial charge in [0.1, 0.15) is 22.8 Å². The number of fused-ring (bicyclic) bond motifs is 3. The first-order valence-corrected chi connectivity index (χ1v) is 13.8. The molecule has 6 N–H and O–H groups in total. The van der Waals surface area contributed by atoms with E-state index in [4.69, 9.17) is 10.6 Å². The summed E-state index contributed by atoms with van der Waals surface area (Å²) in [5.41, 5.74) is 7.45. The molecule has 6 rings (SSSR count). The Morgan fingerprint density at radius 2 is 1.77 bits per heavy atom. The first-order valence-electron chi connectivity index (χ1n) is 13.8. The number of aliphatic hydroxyl groups is 2. The van der Waals surface area contributed by atoms with Gasteiger partial charge in [0.15, 0.2) is 11.6 Å². The van der Waals surface area contributed by atoms with Gasteiger partial charge in [0.2, 0.25) is 6.10 Å². The van der Waals surface area contributed by atoms with Crippen LogP contribution >= 0.6 is 0 Å². The number of phenols is 1. The van der Waals surface area contributed by atoms with E-state index in [1.54, 1.807) is 49.3 Å².